The van der Waals surface area contributed by atoms with Crippen molar-refractivity contribution in [1.29, 1.82) is 0 Å². The van der Waals surface area contributed by atoms with E-state index in [9.17, 15) is 0 Å². The molecule has 15 aromatic rings. The molecule has 0 heterocycles. The minimum absolute atomic E-state index is 1.23. The molecule has 73 heavy (non-hydrogen) atoms. The van der Waals surface area contributed by atoms with Crippen LogP contribution in [0.3, 0.4) is 0 Å². The molecule has 0 N–H and O–H groups in total. The van der Waals surface area contributed by atoms with Gasteiger partial charge in [-0.05, 0) is 164 Å². The summed E-state index contributed by atoms with van der Waals surface area (Å²) in [5.74, 6) is 0. The van der Waals surface area contributed by atoms with E-state index < -0.39 is 8.07 Å². The van der Waals surface area contributed by atoms with Crippen molar-refractivity contribution in [2.24, 2.45) is 0 Å². The summed E-state index contributed by atoms with van der Waals surface area (Å²) in [7, 11) is -2.84. The van der Waals surface area contributed by atoms with Crippen LogP contribution in [0.4, 0.5) is 0 Å². The molecule has 0 bridgehead atoms. The standard InChI is InChI=1S/C72H44Si/c1-6-21-45(22-7-1)66-63-43-61-58-39-37-56-54-35-20-36-60-65(73(47-25-10-3-11-26-47,48-27-12-4-13-28-48)49-29-14-5-15-30-49)42-41-55(68(54)60)57-38-40-59(70(58)69(56)57)62(61)44-64(63)67(46-23-8-2-9-24-46)72-53-34-19-17-32-51(53)50-31-16-18-33-52(50)71(66)72/h1-44H. The molecule has 336 valence electrons. The van der Waals surface area contributed by atoms with Gasteiger partial charge in [-0.3, -0.25) is 0 Å². The van der Waals surface area contributed by atoms with Crippen LogP contribution in [-0.4, -0.2) is 8.07 Å². The Morgan fingerprint density at radius 2 is 0.534 bits per heavy atom. The highest BCUT2D eigenvalue weighted by Crippen LogP contribution is 2.56. The van der Waals surface area contributed by atoms with Crippen LogP contribution in [-0.2, 0) is 0 Å². The van der Waals surface area contributed by atoms with E-state index in [1.807, 2.05) is 0 Å². The average Bonchev–Trinajstić information content (AvgIpc) is 3.79. The highest BCUT2D eigenvalue weighted by molar-refractivity contribution is 7.20. The van der Waals surface area contributed by atoms with E-state index in [-0.39, 0.29) is 0 Å². The van der Waals surface area contributed by atoms with Gasteiger partial charge in [0.05, 0.1) is 0 Å². The zero-order valence-electron chi connectivity index (χ0n) is 39.9. The Morgan fingerprint density at radius 1 is 0.192 bits per heavy atom. The lowest BCUT2D eigenvalue weighted by Gasteiger charge is -2.35. The lowest BCUT2D eigenvalue weighted by molar-refractivity contribution is 1.66. The molecule has 1 aliphatic carbocycles. The molecule has 0 spiro atoms. The Hall–Kier alpha value is -9.14. The maximum atomic E-state index is 2.56. The monoisotopic (exact) mass is 936 g/mol. The second kappa shape index (κ2) is 15.4. The highest BCUT2D eigenvalue weighted by Gasteiger charge is 2.43. The lowest BCUT2D eigenvalue weighted by atomic mass is 9.80. The minimum Gasteiger partial charge on any atom is -0.0623 e. The summed E-state index contributed by atoms with van der Waals surface area (Å²) in [6, 6.07) is 101. The van der Waals surface area contributed by atoms with E-state index in [2.05, 4.69) is 267 Å². The first-order chi connectivity index (χ1) is 36.3. The van der Waals surface area contributed by atoms with Crippen molar-refractivity contribution in [3.05, 3.63) is 267 Å². The van der Waals surface area contributed by atoms with Gasteiger partial charge in [0.15, 0.2) is 8.07 Å². The molecule has 0 saturated heterocycles. The van der Waals surface area contributed by atoms with Crippen molar-refractivity contribution < 1.29 is 0 Å². The molecule has 1 aliphatic rings. The molecule has 1 heteroatoms. The summed E-state index contributed by atoms with van der Waals surface area (Å²) in [6.07, 6.45) is 0. The van der Waals surface area contributed by atoms with Gasteiger partial charge in [-0.2, -0.15) is 0 Å². The van der Waals surface area contributed by atoms with Crippen LogP contribution in [0.25, 0.3) is 131 Å². The van der Waals surface area contributed by atoms with Gasteiger partial charge in [0, 0.05) is 0 Å². The molecular formula is C72H44Si. The first-order valence-corrected chi connectivity index (χ1v) is 27.6. The maximum Gasteiger partial charge on any atom is 0.180 e. The summed E-state index contributed by atoms with van der Waals surface area (Å²) >= 11 is 0. The number of hydrogen-bond donors (Lipinski definition) is 0. The van der Waals surface area contributed by atoms with Crippen molar-refractivity contribution in [3.63, 3.8) is 0 Å². The largest absolute Gasteiger partial charge is 0.180 e. The molecule has 0 saturated carbocycles. The van der Waals surface area contributed by atoms with Gasteiger partial charge in [-0.15, -0.1) is 0 Å². The van der Waals surface area contributed by atoms with Crippen LogP contribution in [0.2, 0.25) is 0 Å². The average molecular weight is 937 g/mol. The van der Waals surface area contributed by atoms with E-state index in [0.717, 1.165) is 0 Å². The third kappa shape index (κ3) is 5.49. The highest BCUT2D eigenvalue weighted by atomic mass is 28.3. The predicted octanol–water partition coefficient (Wildman–Crippen LogP) is 16.7. The van der Waals surface area contributed by atoms with Crippen LogP contribution in [0.5, 0.6) is 0 Å². The lowest BCUT2D eigenvalue weighted by Crippen LogP contribution is -2.74. The van der Waals surface area contributed by atoms with Crippen molar-refractivity contribution in [3.8, 4) is 44.5 Å². The Morgan fingerprint density at radius 3 is 1.00 bits per heavy atom. The third-order valence-corrected chi connectivity index (χ3v) is 21.5. The molecule has 0 aliphatic heterocycles. The number of hydrogen-bond acceptors (Lipinski definition) is 0. The van der Waals surface area contributed by atoms with Crippen molar-refractivity contribution in [2.45, 2.75) is 0 Å². The van der Waals surface area contributed by atoms with Gasteiger partial charge in [0.25, 0.3) is 0 Å². The van der Waals surface area contributed by atoms with Gasteiger partial charge in [-0.25, -0.2) is 0 Å². The Balaban J connectivity index is 1.02. The summed E-state index contributed by atoms with van der Waals surface area (Å²) < 4.78 is 0. The fourth-order valence-electron chi connectivity index (χ4n) is 13.8. The van der Waals surface area contributed by atoms with Gasteiger partial charge >= 0.3 is 0 Å². The molecule has 15 aromatic carbocycles. The van der Waals surface area contributed by atoms with Crippen LogP contribution in [0, 0.1) is 0 Å². The predicted molar refractivity (Wildman–Crippen MR) is 317 cm³/mol. The number of fused-ring (bicyclic) bond motifs is 12. The van der Waals surface area contributed by atoms with Crippen LogP contribution < -0.4 is 20.7 Å². The maximum absolute atomic E-state index is 2.84. The summed E-state index contributed by atoms with van der Waals surface area (Å²) in [5, 5.41) is 26.5. The number of benzene rings is 15. The second-order valence-corrected chi connectivity index (χ2v) is 23.8. The first-order valence-electron chi connectivity index (χ1n) is 25.6. The van der Waals surface area contributed by atoms with Gasteiger partial charge in [0.1, 0.15) is 0 Å². The topological polar surface area (TPSA) is 0 Å². The van der Waals surface area contributed by atoms with Gasteiger partial charge < -0.3 is 0 Å². The van der Waals surface area contributed by atoms with Crippen LogP contribution in [0.15, 0.2) is 267 Å². The molecule has 16 rings (SSSR count). The summed E-state index contributed by atoms with van der Waals surface area (Å²) in [4.78, 5) is 0. The fraction of sp³-hybridized carbons (Fsp3) is 0. The Bertz CT molecular complexity index is 4440. The molecule has 0 fully saturated rings. The van der Waals surface area contributed by atoms with Gasteiger partial charge in [0.2, 0.25) is 0 Å². The zero-order valence-corrected chi connectivity index (χ0v) is 40.9. The smallest absolute Gasteiger partial charge is 0.0623 e. The molecule has 0 aromatic heterocycles. The summed E-state index contributed by atoms with van der Waals surface area (Å²) in [5.41, 5.74) is 10.3. The van der Waals surface area contributed by atoms with Crippen molar-refractivity contribution >= 4 is 115 Å². The SMILES string of the molecule is c1ccc(-c2c3cc4c(cc3c(-c3ccccc3)c3c5ccccc5c5ccccc5c23)-c2ccc3c5ccc([Si](c6ccccc6)(c6ccccc6)c6ccccc6)c6cccc(c7ccc-4c2c73)c65)cc1. The molecule has 0 atom stereocenters. The fourth-order valence-corrected chi connectivity index (χ4v) is 18.8. The normalized spacial score (nSPS) is 12.4. The molecule has 0 nitrogen and oxygen atoms in total. The van der Waals surface area contributed by atoms with Crippen LogP contribution >= 0.6 is 0 Å². The minimum atomic E-state index is -2.84. The second-order valence-electron chi connectivity index (χ2n) is 20.1. The van der Waals surface area contributed by atoms with E-state index in [0.29, 0.717) is 0 Å². The first kappa shape index (κ1) is 40.6. The van der Waals surface area contributed by atoms with E-state index in [1.165, 1.54) is 151 Å². The third-order valence-electron chi connectivity index (χ3n) is 16.6. The zero-order chi connectivity index (χ0) is 47.8. The Labute approximate surface area is 424 Å². The molecule has 0 amide bonds. The Kier molecular flexibility index (Phi) is 8.57. The van der Waals surface area contributed by atoms with E-state index in [4.69, 9.17) is 0 Å². The van der Waals surface area contributed by atoms with Crippen LogP contribution in [0.1, 0.15) is 0 Å². The van der Waals surface area contributed by atoms with E-state index >= 15 is 0 Å². The molecule has 0 radical (unpaired) electrons. The molecule has 0 unspecified atom stereocenters. The van der Waals surface area contributed by atoms with Gasteiger partial charge in [-0.1, -0.05) is 255 Å². The summed E-state index contributed by atoms with van der Waals surface area (Å²) in [6.45, 7) is 0. The van der Waals surface area contributed by atoms with E-state index in [1.54, 1.807) is 0 Å². The quantitative estimate of drug-likeness (QED) is 0.0674. The van der Waals surface area contributed by atoms with Crippen molar-refractivity contribution in [1.82, 2.24) is 0 Å². The van der Waals surface area contributed by atoms with Crippen molar-refractivity contribution in [2.75, 3.05) is 0 Å². The number of rotatable bonds is 6. The molecular weight excluding hydrogens is 893 g/mol.